The van der Waals surface area contributed by atoms with Gasteiger partial charge in [-0.1, -0.05) is 12.8 Å². The van der Waals surface area contributed by atoms with Crippen LogP contribution >= 0.6 is 11.8 Å². The van der Waals surface area contributed by atoms with Crippen LogP contribution in [-0.2, 0) is 0 Å². The SMILES string of the molecule is C1CNC2(CCCC23CCC3)SC1. The summed E-state index contributed by atoms with van der Waals surface area (Å²) in [5.74, 6) is 1.40. The van der Waals surface area contributed by atoms with E-state index in [9.17, 15) is 0 Å². The van der Waals surface area contributed by atoms with Crippen LogP contribution in [-0.4, -0.2) is 17.2 Å². The van der Waals surface area contributed by atoms with Crippen molar-refractivity contribution in [3.05, 3.63) is 0 Å². The molecule has 2 heteroatoms. The molecule has 1 atom stereocenters. The van der Waals surface area contributed by atoms with Crippen molar-refractivity contribution in [3.63, 3.8) is 0 Å². The van der Waals surface area contributed by atoms with E-state index in [0.717, 1.165) is 5.41 Å². The largest absolute Gasteiger partial charge is 0.302 e. The Hall–Kier alpha value is 0.310. The second-order valence-electron chi connectivity index (χ2n) is 4.94. The molecule has 0 aromatic rings. The molecule has 1 aliphatic heterocycles. The van der Waals surface area contributed by atoms with Gasteiger partial charge in [0.25, 0.3) is 0 Å². The molecular weight excluding hydrogens is 178 g/mol. The number of nitrogens with one attached hydrogen (secondary N) is 1. The van der Waals surface area contributed by atoms with Gasteiger partial charge in [0.1, 0.15) is 0 Å². The van der Waals surface area contributed by atoms with Crippen molar-refractivity contribution >= 4 is 11.8 Å². The summed E-state index contributed by atoms with van der Waals surface area (Å²) in [5, 5.41) is 3.85. The van der Waals surface area contributed by atoms with Crippen molar-refractivity contribution in [1.29, 1.82) is 0 Å². The molecule has 74 valence electrons. The van der Waals surface area contributed by atoms with Crippen LogP contribution in [0, 0.1) is 5.41 Å². The van der Waals surface area contributed by atoms with Gasteiger partial charge < -0.3 is 5.32 Å². The van der Waals surface area contributed by atoms with Gasteiger partial charge in [-0.2, -0.15) is 0 Å². The Kier molecular flexibility index (Phi) is 1.92. The minimum atomic E-state index is 0.531. The van der Waals surface area contributed by atoms with Gasteiger partial charge in [-0.15, -0.1) is 11.8 Å². The molecule has 0 amide bonds. The molecule has 3 rings (SSSR count). The first-order valence-electron chi connectivity index (χ1n) is 5.76. The number of rotatable bonds is 0. The van der Waals surface area contributed by atoms with Crippen LogP contribution in [0.2, 0.25) is 0 Å². The molecule has 2 saturated carbocycles. The standard InChI is InChI=1S/C11H19NS/c1-4-10(5-1)6-2-7-11(10)12-8-3-9-13-11/h12H,1-9H2. The van der Waals surface area contributed by atoms with Gasteiger partial charge in [-0.25, -0.2) is 0 Å². The second-order valence-corrected chi connectivity index (χ2v) is 6.34. The Morgan fingerprint density at radius 1 is 0.923 bits per heavy atom. The highest BCUT2D eigenvalue weighted by molar-refractivity contribution is 8.00. The zero-order valence-corrected chi connectivity index (χ0v) is 9.09. The molecule has 1 N–H and O–H groups in total. The Balaban J connectivity index is 1.86. The molecule has 0 aromatic carbocycles. The van der Waals surface area contributed by atoms with E-state index in [1.54, 1.807) is 0 Å². The first-order chi connectivity index (χ1) is 6.37. The predicted octanol–water partition coefficient (Wildman–Crippen LogP) is 2.76. The van der Waals surface area contributed by atoms with Crippen LogP contribution in [0.15, 0.2) is 0 Å². The first kappa shape index (κ1) is 8.60. The Morgan fingerprint density at radius 2 is 1.69 bits per heavy atom. The van der Waals surface area contributed by atoms with Crippen molar-refractivity contribution in [2.75, 3.05) is 12.3 Å². The van der Waals surface area contributed by atoms with Gasteiger partial charge in [-0.05, 0) is 49.8 Å². The van der Waals surface area contributed by atoms with E-state index < -0.39 is 0 Å². The second kappa shape index (κ2) is 2.90. The highest BCUT2D eigenvalue weighted by Gasteiger charge is 2.58. The average Bonchev–Trinajstić information content (AvgIpc) is 2.45. The van der Waals surface area contributed by atoms with E-state index in [1.807, 2.05) is 0 Å². The molecule has 1 unspecified atom stereocenters. The molecule has 0 aromatic heterocycles. The monoisotopic (exact) mass is 197 g/mol. The number of thioether (sulfide) groups is 1. The molecule has 0 radical (unpaired) electrons. The van der Waals surface area contributed by atoms with Gasteiger partial charge in [0.2, 0.25) is 0 Å². The third kappa shape index (κ3) is 1.05. The molecule has 13 heavy (non-hydrogen) atoms. The normalized spacial score (nSPS) is 42.5. The van der Waals surface area contributed by atoms with Crippen molar-refractivity contribution in [2.45, 2.75) is 49.8 Å². The molecule has 2 spiro atoms. The highest BCUT2D eigenvalue weighted by Crippen LogP contribution is 2.63. The smallest absolute Gasteiger partial charge is 0.0702 e. The molecule has 1 nitrogen and oxygen atoms in total. The minimum Gasteiger partial charge on any atom is -0.302 e. The van der Waals surface area contributed by atoms with Gasteiger partial charge in [-0.3, -0.25) is 0 Å². The predicted molar refractivity (Wildman–Crippen MR) is 57.9 cm³/mol. The molecule has 3 aliphatic rings. The summed E-state index contributed by atoms with van der Waals surface area (Å²) in [7, 11) is 0. The molecule has 1 saturated heterocycles. The van der Waals surface area contributed by atoms with Crippen molar-refractivity contribution in [2.24, 2.45) is 5.41 Å². The van der Waals surface area contributed by atoms with Crippen LogP contribution in [0.3, 0.4) is 0 Å². The number of hydrogen-bond donors (Lipinski definition) is 1. The number of hydrogen-bond acceptors (Lipinski definition) is 2. The molecule has 3 fully saturated rings. The zero-order valence-electron chi connectivity index (χ0n) is 8.27. The lowest BCUT2D eigenvalue weighted by Gasteiger charge is -2.53. The zero-order chi connectivity index (χ0) is 8.78. The number of fused-ring (bicyclic) bond motifs is 1. The average molecular weight is 197 g/mol. The first-order valence-corrected chi connectivity index (χ1v) is 6.75. The van der Waals surface area contributed by atoms with E-state index >= 15 is 0 Å². The topological polar surface area (TPSA) is 12.0 Å². The maximum atomic E-state index is 3.85. The Morgan fingerprint density at radius 3 is 2.31 bits per heavy atom. The summed E-state index contributed by atoms with van der Waals surface area (Å²) >= 11 is 2.24. The molecule has 0 bridgehead atoms. The molecule has 2 aliphatic carbocycles. The summed E-state index contributed by atoms with van der Waals surface area (Å²) in [5.41, 5.74) is 0.734. The maximum absolute atomic E-state index is 3.85. The highest BCUT2D eigenvalue weighted by atomic mass is 32.2. The van der Waals surface area contributed by atoms with Crippen molar-refractivity contribution in [1.82, 2.24) is 5.32 Å². The van der Waals surface area contributed by atoms with Gasteiger partial charge in [0, 0.05) is 0 Å². The van der Waals surface area contributed by atoms with E-state index in [2.05, 4.69) is 17.1 Å². The summed E-state index contributed by atoms with van der Waals surface area (Å²) in [6, 6.07) is 0. The van der Waals surface area contributed by atoms with Crippen molar-refractivity contribution in [3.8, 4) is 0 Å². The lowest BCUT2D eigenvalue weighted by Crippen LogP contribution is -2.57. The fourth-order valence-electron chi connectivity index (χ4n) is 3.56. The quantitative estimate of drug-likeness (QED) is 0.641. The summed E-state index contributed by atoms with van der Waals surface area (Å²) < 4.78 is 0. The molecular formula is C11H19NS. The Labute approximate surface area is 85.0 Å². The summed E-state index contributed by atoms with van der Waals surface area (Å²) in [4.78, 5) is 0.531. The van der Waals surface area contributed by atoms with E-state index in [4.69, 9.17) is 0 Å². The Bertz CT molecular complexity index is 204. The maximum Gasteiger partial charge on any atom is 0.0702 e. The fourth-order valence-corrected chi connectivity index (χ4v) is 5.30. The van der Waals surface area contributed by atoms with Crippen LogP contribution in [0.1, 0.15) is 44.9 Å². The van der Waals surface area contributed by atoms with Crippen LogP contribution < -0.4 is 5.32 Å². The lowest BCUT2D eigenvalue weighted by molar-refractivity contribution is 0.0802. The van der Waals surface area contributed by atoms with Gasteiger partial charge in [0.05, 0.1) is 4.87 Å². The van der Waals surface area contributed by atoms with E-state index in [1.165, 1.54) is 57.2 Å². The van der Waals surface area contributed by atoms with Gasteiger partial charge >= 0.3 is 0 Å². The third-order valence-electron chi connectivity index (χ3n) is 4.43. The van der Waals surface area contributed by atoms with Crippen LogP contribution in [0.4, 0.5) is 0 Å². The summed E-state index contributed by atoms with van der Waals surface area (Å²) in [6.07, 6.45) is 10.3. The summed E-state index contributed by atoms with van der Waals surface area (Å²) in [6.45, 7) is 1.27. The van der Waals surface area contributed by atoms with Gasteiger partial charge in [0.15, 0.2) is 0 Å². The van der Waals surface area contributed by atoms with Crippen LogP contribution in [0.5, 0.6) is 0 Å². The van der Waals surface area contributed by atoms with E-state index in [-0.39, 0.29) is 0 Å². The van der Waals surface area contributed by atoms with E-state index in [0.29, 0.717) is 4.87 Å². The third-order valence-corrected chi connectivity index (χ3v) is 6.20. The van der Waals surface area contributed by atoms with Crippen LogP contribution in [0.25, 0.3) is 0 Å². The fraction of sp³-hybridized carbons (Fsp3) is 1.00. The van der Waals surface area contributed by atoms with Crippen molar-refractivity contribution < 1.29 is 0 Å². The lowest BCUT2D eigenvalue weighted by atomic mass is 9.65. The molecule has 1 heterocycles. The minimum absolute atomic E-state index is 0.531.